The number of aliphatic hydroxyl groups excluding tert-OH is 1. The summed E-state index contributed by atoms with van der Waals surface area (Å²) in [6.07, 6.45) is 4.45. The van der Waals surface area contributed by atoms with E-state index >= 15 is 0 Å². The first-order valence-electron chi connectivity index (χ1n) is 7.63. The maximum atomic E-state index is 12.5. The number of amides is 1. The summed E-state index contributed by atoms with van der Waals surface area (Å²) >= 11 is 0. The van der Waals surface area contributed by atoms with Crippen LogP contribution in [0.4, 0.5) is 0 Å². The molecule has 0 aliphatic carbocycles. The number of aromatic nitrogens is 2. The zero-order valence-electron chi connectivity index (χ0n) is 12.7. The van der Waals surface area contributed by atoms with Gasteiger partial charge in [-0.3, -0.25) is 4.79 Å². The maximum absolute atomic E-state index is 12.5. The van der Waals surface area contributed by atoms with Gasteiger partial charge in [0.2, 0.25) is 0 Å². The molecule has 0 spiro atoms. The molecule has 116 valence electrons. The molecule has 1 aromatic heterocycles. The number of carbonyl (C=O) groups excluding carboxylic acids is 1. The van der Waals surface area contributed by atoms with Gasteiger partial charge in [-0.25, -0.2) is 4.98 Å². The summed E-state index contributed by atoms with van der Waals surface area (Å²) < 4.78 is 1.74. The van der Waals surface area contributed by atoms with E-state index in [1.54, 1.807) is 17.0 Å². The number of carbonyl (C=O) groups is 1. The third-order valence-electron chi connectivity index (χ3n) is 4.33. The van der Waals surface area contributed by atoms with E-state index in [2.05, 4.69) is 17.1 Å². The molecule has 1 N–H and O–H groups in total. The number of aryl methyl sites for hydroxylation is 1. The number of imidazole rings is 1. The van der Waals surface area contributed by atoms with Gasteiger partial charge in [-0.05, 0) is 18.4 Å². The summed E-state index contributed by atoms with van der Waals surface area (Å²) in [5.74, 6) is 0.465. The smallest absolute Gasteiger partial charge is 0.289 e. The van der Waals surface area contributed by atoms with Gasteiger partial charge >= 0.3 is 0 Å². The van der Waals surface area contributed by atoms with Crippen LogP contribution in [0.15, 0.2) is 42.7 Å². The molecule has 2 atom stereocenters. The molecule has 1 saturated heterocycles. The molecular weight excluding hydrogens is 278 g/mol. The van der Waals surface area contributed by atoms with Gasteiger partial charge in [0.1, 0.15) is 0 Å². The van der Waals surface area contributed by atoms with Crippen molar-refractivity contribution in [3.63, 3.8) is 0 Å². The quantitative estimate of drug-likeness (QED) is 0.934. The number of rotatable bonds is 3. The minimum atomic E-state index is -0.356. The molecule has 2 heterocycles. The van der Waals surface area contributed by atoms with Crippen LogP contribution < -0.4 is 0 Å². The van der Waals surface area contributed by atoms with Crippen molar-refractivity contribution in [1.29, 1.82) is 0 Å². The van der Waals surface area contributed by atoms with Gasteiger partial charge in [0.25, 0.3) is 5.91 Å². The van der Waals surface area contributed by atoms with Crippen molar-refractivity contribution in [2.75, 3.05) is 13.1 Å². The molecule has 2 aromatic rings. The van der Waals surface area contributed by atoms with E-state index in [1.807, 2.05) is 30.1 Å². The van der Waals surface area contributed by atoms with E-state index in [0.717, 1.165) is 6.42 Å². The molecule has 0 radical (unpaired) electrons. The van der Waals surface area contributed by atoms with E-state index in [-0.39, 0.29) is 17.9 Å². The van der Waals surface area contributed by atoms with E-state index in [9.17, 15) is 9.90 Å². The SMILES string of the molecule is Cn1ccnc1C(=O)N1CC[C@H](O)[C@H](Cc2ccccc2)C1. The Bertz CT molecular complexity index is 638. The summed E-state index contributed by atoms with van der Waals surface area (Å²) in [5.41, 5.74) is 1.19. The van der Waals surface area contributed by atoms with Crippen LogP contribution in [0.3, 0.4) is 0 Å². The molecule has 22 heavy (non-hydrogen) atoms. The van der Waals surface area contributed by atoms with Crippen LogP contribution in [0, 0.1) is 5.92 Å². The van der Waals surface area contributed by atoms with Crippen molar-refractivity contribution < 1.29 is 9.90 Å². The minimum absolute atomic E-state index is 0.0579. The predicted octanol–water partition coefficient (Wildman–Crippen LogP) is 1.49. The van der Waals surface area contributed by atoms with Crippen LogP contribution in [0.25, 0.3) is 0 Å². The van der Waals surface area contributed by atoms with Gasteiger partial charge < -0.3 is 14.6 Å². The lowest BCUT2D eigenvalue weighted by Crippen LogP contribution is -2.47. The third-order valence-corrected chi connectivity index (χ3v) is 4.33. The molecule has 0 unspecified atom stereocenters. The molecule has 1 aromatic carbocycles. The highest BCUT2D eigenvalue weighted by Crippen LogP contribution is 2.22. The van der Waals surface area contributed by atoms with Crippen LogP contribution in [-0.4, -0.2) is 44.7 Å². The first-order chi connectivity index (χ1) is 10.6. The first-order valence-corrected chi connectivity index (χ1v) is 7.63. The van der Waals surface area contributed by atoms with E-state index < -0.39 is 0 Å². The maximum Gasteiger partial charge on any atom is 0.289 e. The van der Waals surface area contributed by atoms with Gasteiger partial charge in [-0.15, -0.1) is 0 Å². The lowest BCUT2D eigenvalue weighted by molar-refractivity contribution is 0.0233. The van der Waals surface area contributed by atoms with Crippen molar-refractivity contribution in [2.24, 2.45) is 13.0 Å². The molecule has 0 bridgehead atoms. The highest BCUT2D eigenvalue weighted by molar-refractivity contribution is 5.90. The van der Waals surface area contributed by atoms with Crippen molar-refractivity contribution in [2.45, 2.75) is 18.9 Å². The van der Waals surface area contributed by atoms with Gasteiger partial charge in [0, 0.05) is 38.4 Å². The van der Waals surface area contributed by atoms with Gasteiger partial charge in [0.15, 0.2) is 5.82 Å². The summed E-state index contributed by atoms with van der Waals surface area (Å²) in [6, 6.07) is 10.1. The fraction of sp³-hybridized carbons (Fsp3) is 0.412. The number of nitrogens with zero attached hydrogens (tertiary/aromatic N) is 3. The summed E-state index contributed by atoms with van der Waals surface area (Å²) in [4.78, 5) is 18.5. The fourth-order valence-corrected chi connectivity index (χ4v) is 3.03. The van der Waals surface area contributed by atoms with Gasteiger partial charge in [-0.1, -0.05) is 30.3 Å². The highest BCUT2D eigenvalue weighted by Gasteiger charge is 2.31. The molecule has 1 fully saturated rings. The molecule has 5 nitrogen and oxygen atoms in total. The van der Waals surface area contributed by atoms with E-state index in [0.29, 0.717) is 25.3 Å². The average molecular weight is 299 g/mol. The van der Waals surface area contributed by atoms with Crippen LogP contribution in [0.2, 0.25) is 0 Å². The third kappa shape index (κ3) is 3.04. The van der Waals surface area contributed by atoms with Gasteiger partial charge in [0.05, 0.1) is 6.10 Å². The summed E-state index contributed by atoms with van der Waals surface area (Å²) in [5, 5.41) is 10.3. The lowest BCUT2D eigenvalue weighted by atomic mass is 9.88. The second kappa shape index (κ2) is 6.32. The molecule has 1 amide bonds. The van der Waals surface area contributed by atoms with Crippen LogP contribution >= 0.6 is 0 Å². The van der Waals surface area contributed by atoms with Crippen LogP contribution in [0.5, 0.6) is 0 Å². The Morgan fingerprint density at radius 1 is 1.36 bits per heavy atom. The van der Waals surface area contributed by atoms with Gasteiger partial charge in [-0.2, -0.15) is 0 Å². The standard InChI is InChI=1S/C17H21N3O2/c1-19-10-8-18-16(19)17(22)20-9-7-15(21)14(12-20)11-13-5-3-2-4-6-13/h2-6,8,10,14-15,21H,7,9,11-12H2,1H3/t14-,15+/m1/s1. The van der Waals surface area contributed by atoms with Crippen molar-refractivity contribution in [3.05, 3.63) is 54.1 Å². The number of piperidine rings is 1. The number of hydrogen-bond acceptors (Lipinski definition) is 3. The Balaban J connectivity index is 1.71. The Morgan fingerprint density at radius 2 is 2.14 bits per heavy atom. The van der Waals surface area contributed by atoms with Crippen LogP contribution in [0.1, 0.15) is 22.6 Å². The second-order valence-corrected chi connectivity index (χ2v) is 5.92. The Morgan fingerprint density at radius 3 is 2.82 bits per heavy atom. The zero-order chi connectivity index (χ0) is 15.5. The Hall–Kier alpha value is -2.14. The molecule has 1 aliphatic rings. The molecule has 5 heteroatoms. The number of hydrogen-bond donors (Lipinski definition) is 1. The average Bonchev–Trinajstić information content (AvgIpc) is 2.96. The topological polar surface area (TPSA) is 58.4 Å². The molecular formula is C17H21N3O2. The highest BCUT2D eigenvalue weighted by atomic mass is 16.3. The Labute approximate surface area is 130 Å². The van der Waals surface area contributed by atoms with Crippen molar-refractivity contribution in [3.8, 4) is 0 Å². The molecule has 1 aliphatic heterocycles. The first kappa shape index (κ1) is 14.8. The van der Waals surface area contributed by atoms with Crippen molar-refractivity contribution >= 4 is 5.91 Å². The number of aliphatic hydroxyl groups is 1. The normalized spacial score (nSPS) is 21.8. The van der Waals surface area contributed by atoms with Crippen LogP contribution in [-0.2, 0) is 13.5 Å². The zero-order valence-corrected chi connectivity index (χ0v) is 12.7. The lowest BCUT2D eigenvalue weighted by Gasteiger charge is -2.36. The molecule has 3 rings (SSSR count). The van der Waals surface area contributed by atoms with E-state index in [1.165, 1.54) is 5.56 Å². The fourth-order valence-electron chi connectivity index (χ4n) is 3.03. The Kier molecular flexibility index (Phi) is 4.24. The largest absolute Gasteiger partial charge is 0.393 e. The molecule has 0 saturated carbocycles. The monoisotopic (exact) mass is 299 g/mol. The predicted molar refractivity (Wildman–Crippen MR) is 83.4 cm³/mol. The van der Waals surface area contributed by atoms with Crippen molar-refractivity contribution in [1.82, 2.24) is 14.5 Å². The number of likely N-dealkylation sites (tertiary alicyclic amines) is 1. The summed E-state index contributed by atoms with van der Waals surface area (Å²) in [7, 11) is 1.82. The summed E-state index contributed by atoms with van der Waals surface area (Å²) in [6.45, 7) is 1.15. The second-order valence-electron chi connectivity index (χ2n) is 5.92. The minimum Gasteiger partial charge on any atom is -0.393 e. The van der Waals surface area contributed by atoms with E-state index in [4.69, 9.17) is 0 Å². The number of benzene rings is 1.